The summed E-state index contributed by atoms with van der Waals surface area (Å²) in [5.41, 5.74) is 4.73. The molecule has 0 atom stereocenters. The molecule has 0 bridgehead atoms. The molecule has 24 heavy (non-hydrogen) atoms. The predicted molar refractivity (Wildman–Crippen MR) is 101 cm³/mol. The topological polar surface area (TPSA) is 42.5 Å². The van der Waals surface area contributed by atoms with Crippen LogP contribution >= 0.6 is 12.2 Å². The van der Waals surface area contributed by atoms with E-state index in [-0.39, 0.29) is 0 Å². The van der Waals surface area contributed by atoms with Gasteiger partial charge in [-0.05, 0) is 73.4 Å². The summed E-state index contributed by atoms with van der Waals surface area (Å²) in [4.78, 5) is 0. The maximum absolute atomic E-state index is 5.61. The van der Waals surface area contributed by atoms with Crippen molar-refractivity contribution < 1.29 is 9.47 Å². The van der Waals surface area contributed by atoms with Crippen molar-refractivity contribution in [2.24, 2.45) is 0 Å². The number of aryl methyl sites for hydroxylation is 2. The van der Waals surface area contributed by atoms with Crippen LogP contribution in [0.3, 0.4) is 0 Å². The summed E-state index contributed by atoms with van der Waals surface area (Å²) in [6.07, 6.45) is 0.866. The van der Waals surface area contributed by atoms with Gasteiger partial charge < -0.3 is 20.1 Å². The first-order chi connectivity index (χ1) is 11.6. The Morgan fingerprint density at radius 2 is 1.79 bits per heavy atom. The second kappa shape index (κ2) is 7.53. The van der Waals surface area contributed by atoms with Gasteiger partial charge in [0.25, 0.3) is 0 Å². The summed E-state index contributed by atoms with van der Waals surface area (Å²) in [6.45, 7) is 6.18. The lowest BCUT2D eigenvalue weighted by molar-refractivity contribution is 0.171. The second-order valence-electron chi connectivity index (χ2n) is 5.91. The zero-order valence-electron chi connectivity index (χ0n) is 14.0. The van der Waals surface area contributed by atoms with Crippen molar-refractivity contribution in [3.05, 3.63) is 53.1 Å². The smallest absolute Gasteiger partial charge is 0.170 e. The van der Waals surface area contributed by atoms with Gasteiger partial charge in [-0.25, -0.2) is 0 Å². The Balaban J connectivity index is 1.49. The number of thiocarbonyl (C=S) groups is 1. The first-order valence-electron chi connectivity index (χ1n) is 8.12. The molecule has 0 aliphatic carbocycles. The van der Waals surface area contributed by atoms with Gasteiger partial charge in [-0.15, -0.1) is 0 Å². The quantitative estimate of drug-likeness (QED) is 0.831. The molecule has 126 valence electrons. The number of nitrogens with one attached hydrogen (secondary N) is 2. The lowest BCUT2D eigenvalue weighted by Gasteiger charge is -2.19. The Kier molecular flexibility index (Phi) is 5.20. The molecule has 3 rings (SSSR count). The van der Waals surface area contributed by atoms with Gasteiger partial charge in [-0.3, -0.25) is 0 Å². The molecule has 0 saturated heterocycles. The monoisotopic (exact) mass is 342 g/mol. The molecular weight excluding hydrogens is 320 g/mol. The Hall–Kier alpha value is -2.27. The summed E-state index contributed by atoms with van der Waals surface area (Å²) >= 11 is 5.36. The molecule has 2 aromatic carbocycles. The van der Waals surface area contributed by atoms with Crippen molar-refractivity contribution in [1.82, 2.24) is 5.32 Å². The van der Waals surface area contributed by atoms with Gasteiger partial charge in [0, 0.05) is 12.2 Å². The minimum atomic E-state index is 0.610. The number of rotatable bonds is 4. The Morgan fingerprint density at radius 1 is 1.00 bits per heavy atom. The van der Waals surface area contributed by atoms with Gasteiger partial charge in [0.15, 0.2) is 16.6 Å². The molecule has 1 aliphatic rings. The molecule has 0 radical (unpaired) electrons. The van der Waals surface area contributed by atoms with Gasteiger partial charge in [-0.1, -0.05) is 12.1 Å². The fourth-order valence-electron chi connectivity index (χ4n) is 2.56. The number of hydrogen-bond acceptors (Lipinski definition) is 3. The van der Waals surface area contributed by atoms with E-state index in [0.29, 0.717) is 18.3 Å². The van der Waals surface area contributed by atoms with Crippen LogP contribution in [0.1, 0.15) is 16.7 Å². The van der Waals surface area contributed by atoms with E-state index >= 15 is 0 Å². The third-order valence-corrected chi connectivity index (χ3v) is 4.32. The summed E-state index contributed by atoms with van der Waals surface area (Å²) in [7, 11) is 0. The van der Waals surface area contributed by atoms with Crippen LogP contribution in [0, 0.1) is 13.8 Å². The highest BCUT2D eigenvalue weighted by molar-refractivity contribution is 7.80. The van der Waals surface area contributed by atoms with Crippen molar-refractivity contribution in [3.63, 3.8) is 0 Å². The number of anilines is 1. The molecule has 0 unspecified atom stereocenters. The van der Waals surface area contributed by atoms with Gasteiger partial charge in [0.1, 0.15) is 13.2 Å². The van der Waals surface area contributed by atoms with Crippen LogP contribution in [0.2, 0.25) is 0 Å². The van der Waals surface area contributed by atoms with Crippen LogP contribution in [-0.4, -0.2) is 24.9 Å². The Morgan fingerprint density at radius 3 is 2.58 bits per heavy atom. The highest BCUT2D eigenvalue weighted by Crippen LogP contribution is 2.30. The van der Waals surface area contributed by atoms with E-state index in [2.05, 4.69) is 42.7 Å². The third-order valence-electron chi connectivity index (χ3n) is 4.07. The van der Waals surface area contributed by atoms with Gasteiger partial charge in [0.05, 0.1) is 0 Å². The van der Waals surface area contributed by atoms with Gasteiger partial charge in [-0.2, -0.15) is 0 Å². The molecular formula is C19H22N2O2S. The number of ether oxygens (including phenoxy) is 2. The van der Waals surface area contributed by atoms with Crippen LogP contribution in [0.5, 0.6) is 11.5 Å². The van der Waals surface area contributed by atoms with Crippen molar-refractivity contribution in [2.75, 3.05) is 25.1 Å². The Labute approximate surface area is 148 Å². The van der Waals surface area contributed by atoms with E-state index in [9.17, 15) is 0 Å². The SMILES string of the molecule is Cc1ccc(NC(=S)NCCc2ccc3c(c2)OCCO3)cc1C. The molecule has 4 nitrogen and oxygen atoms in total. The molecule has 5 heteroatoms. The Bertz CT molecular complexity index is 746. The normalized spacial score (nSPS) is 12.6. The highest BCUT2D eigenvalue weighted by atomic mass is 32.1. The van der Waals surface area contributed by atoms with Crippen LogP contribution < -0.4 is 20.1 Å². The highest BCUT2D eigenvalue weighted by Gasteiger charge is 2.11. The molecule has 0 fully saturated rings. The molecule has 1 heterocycles. The first-order valence-corrected chi connectivity index (χ1v) is 8.53. The molecule has 0 saturated carbocycles. The van der Waals surface area contributed by atoms with E-state index in [0.717, 1.165) is 30.2 Å². The molecule has 2 aromatic rings. The zero-order valence-corrected chi connectivity index (χ0v) is 14.8. The van der Waals surface area contributed by atoms with E-state index in [4.69, 9.17) is 21.7 Å². The molecule has 2 N–H and O–H groups in total. The van der Waals surface area contributed by atoms with Crippen LogP contribution in [0.4, 0.5) is 5.69 Å². The first kappa shape index (κ1) is 16.6. The minimum Gasteiger partial charge on any atom is -0.486 e. The predicted octanol–water partition coefficient (Wildman–Crippen LogP) is 3.60. The van der Waals surface area contributed by atoms with E-state index in [1.807, 2.05) is 18.2 Å². The number of fused-ring (bicyclic) bond motifs is 1. The van der Waals surface area contributed by atoms with Crippen molar-refractivity contribution in [2.45, 2.75) is 20.3 Å². The van der Waals surface area contributed by atoms with Crippen LogP contribution in [0.25, 0.3) is 0 Å². The van der Waals surface area contributed by atoms with Crippen molar-refractivity contribution in [1.29, 1.82) is 0 Å². The maximum Gasteiger partial charge on any atom is 0.170 e. The molecule has 1 aliphatic heterocycles. The maximum atomic E-state index is 5.61. The van der Waals surface area contributed by atoms with E-state index in [1.54, 1.807) is 0 Å². The lowest BCUT2D eigenvalue weighted by atomic mass is 10.1. The van der Waals surface area contributed by atoms with E-state index < -0.39 is 0 Å². The average molecular weight is 342 g/mol. The standard InChI is InChI=1S/C19H22N2O2S/c1-13-3-5-16(11-14(13)2)21-19(24)20-8-7-15-4-6-17-18(12-15)23-10-9-22-17/h3-6,11-12H,7-10H2,1-2H3,(H2,20,21,24). The summed E-state index contributed by atoms with van der Waals surface area (Å²) in [5.74, 6) is 1.65. The average Bonchev–Trinajstić information content (AvgIpc) is 2.58. The van der Waals surface area contributed by atoms with E-state index in [1.165, 1.54) is 16.7 Å². The summed E-state index contributed by atoms with van der Waals surface area (Å²) < 4.78 is 11.1. The fourth-order valence-corrected chi connectivity index (χ4v) is 2.78. The summed E-state index contributed by atoms with van der Waals surface area (Å²) in [6, 6.07) is 12.3. The summed E-state index contributed by atoms with van der Waals surface area (Å²) in [5, 5.41) is 7.10. The number of benzene rings is 2. The molecule has 0 spiro atoms. The molecule has 0 aromatic heterocycles. The van der Waals surface area contributed by atoms with Gasteiger partial charge >= 0.3 is 0 Å². The lowest BCUT2D eigenvalue weighted by Crippen LogP contribution is -2.30. The van der Waals surface area contributed by atoms with Crippen LogP contribution in [-0.2, 0) is 6.42 Å². The third kappa shape index (κ3) is 4.17. The molecule has 0 amide bonds. The zero-order chi connectivity index (χ0) is 16.9. The second-order valence-corrected chi connectivity index (χ2v) is 6.32. The number of hydrogen-bond donors (Lipinski definition) is 2. The largest absolute Gasteiger partial charge is 0.486 e. The van der Waals surface area contributed by atoms with Crippen molar-refractivity contribution in [3.8, 4) is 11.5 Å². The minimum absolute atomic E-state index is 0.610. The van der Waals surface area contributed by atoms with Crippen LogP contribution in [0.15, 0.2) is 36.4 Å². The van der Waals surface area contributed by atoms with Gasteiger partial charge in [0.2, 0.25) is 0 Å². The van der Waals surface area contributed by atoms with Crippen molar-refractivity contribution >= 4 is 23.0 Å². The fraction of sp³-hybridized carbons (Fsp3) is 0.316.